The zero-order chi connectivity index (χ0) is 17.8. The minimum Gasteiger partial charge on any atom is -0.380 e. The van der Waals surface area contributed by atoms with Crippen LogP contribution in [0, 0.1) is 11.6 Å². The Kier molecular flexibility index (Phi) is 5.28. The smallest absolute Gasteiger partial charge is 0.261 e. The summed E-state index contributed by atoms with van der Waals surface area (Å²) in [5.41, 5.74) is 0.930. The van der Waals surface area contributed by atoms with Gasteiger partial charge in [-0.25, -0.2) is 8.78 Å². The lowest BCUT2D eigenvalue weighted by Gasteiger charge is -2.33. The third-order valence-corrected chi connectivity index (χ3v) is 4.39. The number of carbonyl (C=O) groups excluding carboxylic acids is 1. The van der Waals surface area contributed by atoms with Gasteiger partial charge in [0.25, 0.3) is 5.91 Å². The van der Waals surface area contributed by atoms with E-state index in [0.717, 1.165) is 43.8 Å². The number of nitrogens with one attached hydrogen (secondary N) is 1. The van der Waals surface area contributed by atoms with Gasteiger partial charge < -0.3 is 15.0 Å². The van der Waals surface area contributed by atoms with Crippen LogP contribution in [0.5, 0.6) is 0 Å². The summed E-state index contributed by atoms with van der Waals surface area (Å²) in [5.74, 6) is -2.57. The Balaban J connectivity index is 1.69. The van der Waals surface area contributed by atoms with Crippen molar-refractivity contribution < 1.29 is 18.3 Å². The second-order valence-corrected chi connectivity index (χ2v) is 6.04. The van der Waals surface area contributed by atoms with Gasteiger partial charge in [0.2, 0.25) is 0 Å². The lowest BCUT2D eigenvalue weighted by atomic mass is 10.1. The molecule has 1 aliphatic rings. The van der Waals surface area contributed by atoms with Crippen molar-refractivity contribution in [2.75, 3.05) is 30.4 Å². The first-order valence-electron chi connectivity index (χ1n) is 8.21. The molecule has 6 heteroatoms. The van der Waals surface area contributed by atoms with Gasteiger partial charge in [-0.3, -0.25) is 4.79 Å². The van der Waals surface area contributed by atoms with E-state index in [-0.39, 0.29) is 6.10 Å². The Labute approximate surface area is 145 Å². The van der Waals surface area contributed by atoms with E-state index in [1.807, 2.05) is 12.1 Å². The summed E-state index contributed by atoms with van der Waals surface area (Å²) >= 11 is 0. The number of anilines is 2. The van der Waals surface area contributed by atoms with Crippen molar-refractivity contribution in [3.63, 3.8) is 0 Å². The molecular formula is C19H20F2N2O2. The Morgan fingerprint density at radius 1 is 1.16 bits per heavy atom. The van der Waals surface area contributed by atoms with E-state index in [0.29, 0.717) is 5.69 Å². The molecule has 1 unspecified atom stereocenters. The first kappa shape index (κ1) is 17.4. The second kappa shape index (κ2) is 7.61. The molecule has 2 aromatic rings. The lowest BCUT2D eigenvalue weighted by Crippen LogP contribution is -2.39. The number of hydrogen-bond donors (Lipinski definition) is 1. The quantitative estimate of drug-likeness (QED) is 0.915. The molecule has 4 nitrogen and oxygen atoms in total. The SMILES string of the molecule is COC1CCCN(c2ccc(NC(=O)c3c(F)cccc3F)cc2)C1. The molecule has 132 valence electrons. The highest BCUT2D eigenvalue weighted by Crippen LogP contribution is 2.23. The second-order valence-electron chi connectivity index (χ2n) is 6.04. The summed E-state index contributed by atoms with van der Waals surface area (Å²) in [6.07, 6.45) is 2.33. The fourth-order valence-corrected chi connectivity index (χ4v) is 3.03. The van der Waals surface area contributed by atoms with Gasteiger partial charge in [0, 0.05) is 31.6 Å². The van der Waals surface area contributed by atoms with E-state index in [9.17, 15) is 13.6 Å². The molecule has 1 atom stereocenters. The van der Waals surface area contributed by atoms with Crippen LogP contribution in [0.2, 0.25) is 0 Å². The number of methoxy groups -OCH3 is 1. The van der Waals surface area contributed by atoms with Crippen LogP contribution in [0.4, 0.5) is 20.2 Å². The van der Waals surface area contributed by atoms with Crippen LogP contribution in [-0.2, 0) is 4.74 Å². The van der Waals surface area contributed by atoms with Gasteiger partial charge in [-0.05, 0) is 49.2 Å². The maximum absolute atomic E-state index is 13.7. The van der Waals surface area contributed by atoms with Crippen LogP contribution < -0.4 is 10.2 Å². The Morgan fingerprint density at radius 3 is 2.48 bits per heavy atom. The van der Waals surface area contributed by atoms with Crippen LogP contribution in [0.25, 0.3) is 0 Å². The van der Waals surface area contributed by atoms with Gasteiger partial charge in [-0.1, -0.05) is 6.07 Å². The summed E-state index contributed by atoms with van der Waals surface area (Å²) in [6, 6.07) is 10.6. The zero-order valence-electron chi connectivity index (χ0n) is 14.0. The van der Waals surface area contributed by atoms with Crippen LogP contribution >= 0.6 is 0 Å². The summed E-state index contributed by atoms with van der Waals surface area (Å²) in [6.45, 7) is 1.77. The number of benzene rings is 2. The Morgan fingerprint density at radius 2 is 1.84 bits per heavy atom. The molecule has 0 aromatic heterocycles. The molecule has 0 aliphatic carbocycles. The normalized spacial score (nSPS) is 17.4. The average molecular weight is 346 g/mol. The summed E-state index contributed by atoms with van der Waals surface area (Å²) in [4.78, 5) is 14.3. The molecule has 25 heavy (non-hydrogen) atoms. The maximum Gasteiger partial charge on any atom is 0.261 e. The van der Waals surface area contributed by atoms with E-state index in [1.165, 1.54) is 6.07 Å². The molecule has 1 fully saturated rings. The fourth-order valence-electron chi connectivity index (χ4n) is 3.03. The van der Waals surface area contributed by atoms with Crippen molar-refractivity contribution in [3.8, 4) is 0 Å². The molecule has 0 radical (unpaired) electrons. The van der Waals surface area contributed by atoms with Crippen molar-refractivity contribution in [2.45, 2.75) is 18.9 Å². The third kappa shape index (κ3) is 3.96. The van der Waals surface area contributed by atoms with Gasteiger partial charge in [-0.15, -0.1) is 0 Å². The van der Waals surface area contributed by atoms with Crippen LogP contribution in [-0.4, -0.2) is 32.2 Å². The van der Waals surface area contributed by atoms with Crippen molar-refractivity contribution in [3.05, 3.63) is 59.7 Å². The van der Waals surface area contributed by atoms with Crippen LogP contribution in [0.1, 0.15) is 23.2 Å². The van der Waals surface area contributed by atoms with E-state index >= 15 is 0 Å². The highest BCUT2D eigenvalue weighted by Gasteiger charge is 2.20. The molecule has 0 bridgehead atoms. The van der Waals surface area contributed by atoms with Gasteiger partial charge in [0.1, 0.15) is 17.2 Å². The molecule has 1 saturated heterocycles. The van der Waals surface area contributed by atoms with Crippen molar-refractivity contribution in [2.24, 2.45) is 0 Å². The molecule has 1 heterocycles. The molecule has 1 aliphatic heterocycles. The van der Waals surface area contributed by atoms with E-state index in [1.54, 1.807) is 19.2 Å². The van der Waals surface area contributed by atoms with Crippen LogP contribution in [0.3, 0.4) is 0 Å². The van der Waals surface area contributed by atoms with E-state index < -0.39 is 23.1 Å². The number of carbonyl (C=O) groups is 1. The predicted octanol–water partition coefficient (Wildman–Crippen LogP) is 3.83. The van der Waals surface area contributed by atoms with Gasteiger partial charge in [0.15, 0.2) is 0 Å². The Hall–Kier alpha value is -2.47. The van der Waals surface area contributed by atoms with Crippen LogP contribution in [0.15, 0.2) is 42.5 Å². The highest BCUT2D eigenvalue weighted by molar-refractivity contribution is 6.04. The predicted molar refractivity (Wildman–Crippen MR) is 93.0 cm³/mol. The van der Waals surface area contributed by atoms with Gasteiger partial charge in [-0.2, -0.15) is 0 Å². The first-order chi connectivity index (χ1) is 12.1. The lowest BCUT2D eigenvalue weighted by molar-refractivity contribution is 0.0893. The molecule has 3 rings (SSSR count). The number of amides is 1. The average Bonchev–Trinajstić information content (AvgIpc) is 2.62. The Bertz CT molecular complexity index is 729. The molecule has 1 N–H and O–H groups in total. The number of halogens is 2. The monoisotopic (exact) mass is 346 g/mol. The number of ether oxygens (including phenoxy) is 1. The van der Waals surface area contributed by atoms with Crippen molar-refractivity contribution in [1.29, 1.82) is 0 Å². The number of piperidine rings is 1. The molecule has 2 aromatic carbocycles. The zero-order valence-corrected chi connectivity index (χ0v) is 14.0. The van der Waals surface area contributed by atoms with E-state index in [2.05, 4.69) is 10.2 Å². The van der Waals surface area contributed by atoms with Crippen molar-refractivity contribution in [1.82, 2.24) is 0 Å². The minimum atomic E-state index is -0.881. The number of nitrogens with zero attached hydrogens (tertiary/aromatic N) is 1. The largest absolute Gasteiger partial charge is 0.380 e. The molecular weight excluding hydrogens is 326 g/mol. The minimum absolute atomic E-state index is 0.220. The van der Waals surface area contributed by atoms with Crippen molar-refractivity contribution >= 4 is 17.3 Å². The standard InChI is InChI=1S/C19H20F2N2O2/c1-25-15-4-3-11-23(12-15)14-9-7-13(8-10-14)22-19(24)18-16(20)5-2-6-17(18)21/h2,5-10,15H,3-4,11-12H2,1H3,(H,22,24). The number of hydrogen-bond acceptors (Lipinski definition) is 3. The summed E-state index contributed by atoms with van der Waals surface area (Å²) in [7, 11) is 1.72. The molecule has 0 saturated carbocycles. The van der Waals surface area contributed by atoms with Gasteiger partial charge in [0.05, 0.1) is 6.10 Å². The molecule has 1 amide bonds. The number of rotatable bonds is 4. The maximum atomic E-state index is 13.7. The van der Waals surface area contributed by atoms with Gasteiger partial charge >= 0.3 is 0 Å². The van der Waals surface area contributed by atoms with E-state index in [4.69, 9.17) is 4.74 Å². The highest BCUT2D eigenvalue weighted by atomic mass is 19.1. The summed E-state index contributed by atoms with van der Waals surface area (Å²) in [5, 5.41) is 2.53. The molecule has 0 spiro atoms. The first-order valence-corrected chi connectivity index (χ1v) is 8.21. The summed E-state index contributed by atoms with van der Waals surface area (Å²) < 4.78 is 32.7. The topological polar surface area (TPSA) is 41.6 Å². The third-order valence-electron chi connectivity index (χ3n) is 4.39. The fraction of sp³-hybridized carbons (Fsp3) is 0.316.